The number of hydrogen-bond acceptors (Lipinski definition) is 2. The van der Waals surface area contributed by atoms with Gasteiger partial charge in [-0.3, -0.25) is 0 Å². The van der Waals surface area contributed by atoms with E-state index in [4.69, 9.17) is 0 Å². The zero-order chi connectivity index (χ0) is 13.9. The second kappa shape index (κ2) is 5.80. The van der Waals surface area contributed by atoms with Gasteiger partial charge in [0, 0.05) is 18.4 Å². The molecule has 0 radical (unpaired) electrons. The number of rotatable bonds is 3. The third kappa shape index (κ3) is 2.50. The Balaban J connectivity index is 1.85. The van der Waals surface area contributed by atoms with Crippen LogP contribution in [0.4, 0.5) is 0 Å². The van der Waals surface area contributed by atoms with Crippen LogP contribution < -0.4 is 5.32 Å². The predicted molar refractivity (Wildman–Crippen MR) is 81.9 cm³/mol. The Morgan fingerprint density at radius 1 is 1.20 bits per heavy atom. The van der Waals surface area contributed by atoms with Gasteiger partial charge in [-0.2, -0.15) is 0 Å². The number of nitrogens with zero attached hydrogens (tertiary/aromatic N) is 2. The fourth-order valence-corrected chi connectivity index (χ4v) is 3.56. The summed E-state index contributed by atoms with van der Waals surface area (Å²) in [5, 5.41) is 3.49. The van der Waals surface area contributed by atoms with Crippen LogP contribution in [0.25, 0.3) is 0 Å². The van der Waals surface area contributed by atoms with Gasteiger partial charge in [-0.1, -0.05) is 30.3 Å². The van der Waals surface area contributed by atoms with Crippen molar-refractivity contribution in [1.82, 2.24) is 14.9 Å². The van der Waals surface area contributed by atoms with E-state index >= 15 is 0 Å². The molecule has 3 rings (SSSR count). The lowest BCUT2D eigenvalue weighted by atomic mass is 9.78. The van der Waals surface area contributed by atoms with Crippen molar-refractivity contribution < 1.29 is 0 Å². The Morgan fingerprint density at radius 2 is 2.00 bits per heavy atom. The zero-order valence-corrected chi connectivity index (χ0v) is 12.3. The first-order valence-corrected chi connectivity index (χ1v) is 7.51. The maximum atomic E-state index is 4.39. The van der Waals surface area contributed by atoms with E-state index in [-0.39, 0.29) is 0 Å². The molecule has 0 spiro atoms. The van der Waals surface area contributed by atoms with Crippen LogP contribution in [-0.4, -0.2) is 22.6 Å². The number of imidazole rings is 1. The molecule has 0 aliphatic heterocycles. The number of benzene rings is 1. The van der Waals surface area contributed by atoms with E-state index in [2.05, 4.69) is 65.4 Å². The molecular weight excluding hydrogens is 246 g/mol. The minimum Gasteiger partial charge on any atom is -0.331 e. The first-order chi connectivity index (χ1) is 9.79. The largest absolute Gasteiger partial charge is 0.331 e. The second-order valence-corrected chi connectivity index (χ2v) is 5.76. The highest BCUT2D eigenvalue weighted by Crippen LogP contribution is 2.39. The molecule has 20 heavy (non-hydrogen) atoms. The third-order valence-electron chi connectivity index (χ3n) is 4.68. The highest BCUT2D eigenvalue weighted by atomic mass is 15.1. The van der Waals surface area contributed by atoms with E-state index in [1.54, 1.807) is 0 Å². The van der Waals surface area contributed by atoms with Crippen molar-refractivity contribution in [2.75, 3.05) is 7.05 Å². The molecule has 3 nitrogen and oxygen atoms in total. The Kier molecular flexibility index (Phi) is 3.88. The maximum absolute atomic E-state index is 4.39. The lowest BCUT2D eigenvalue weighted by Crippen LogP contribution is -2.39. The van der Waals surface area contributed by atoms with Gasteiger partial charge in [0.2, 0.25) is 0 Å². The topological polar surface area (TPSA) is 29.9 Å². The molecule has 2 aromatic rings. The van der Waals surface area contributed by atoms with Gasteiger partial charge in [0.25, 0.3) is 0 Å². The maximum Gasteiger partial charge on any atom is 0.105 e. The van der Waals surface area contributed by atoms with Gasteiger partial charge in [0.05, 0.1) is 6.04 Å². The van der Waals surface area contributed by atoms with Gasteiger partial charge < -0.3 is 9.88 Å². The quantitative estimate of drug-likeness (QED) is 0.926. The summed E-state index contributed by atoms with van der Waals surface area (Å²) >= 11 is 0. The number of aryl methyl sites for hydroxylation is 1. The molecule has 1 aliphatic carbocycles. The molecule has 1 fully saturated rings. The molecule has 1 N–H and O–H groups in total. The van der Waals surface area contributed by atoms with Gasteiger partial charge in [-0.25, -0.2) is 4.98 Å². The molecule has 1 aromatic heterocycles. The predicted octanol–water partition coefficient (Wildman–Crippen LogP) is 3.29. The fourth-order valence-electron chi connectivity index (χ4n) is 3.56. The van der Waals surface area contributed by atoms with Crippen molar-refractivity contribution >= 4 is 0 Å². The van der Waals surface area contributed by atoms with Crippen molar-refractivity contribution in [3.63, 3.8) is 0 Å². The van der Waals surface area contributed by atoms with E-state index < -0.39 is 0 Å². The number of likely N-dealkylation sites (N-methyl/N-ethyl adjacent to an activating group) is 1. The highest BCUT2D eigenvalue weighted by molar-refractivity contribution is 5.21. The molecular formula is C17H23N3. The van der Waals surface area contributed by atoms with Crippen molar-refractivity contribution in [3.05, 3.63) is 54.1 Å². The summed E-state index contributed by atoms with van der Waals surface area (Å²) < 4.78 is 2.34. The summed E-state index contributed by atoms with van der Waals surface area (Å²) in [6, 6.07) is 12.0. The summed E-state index contributed by atoms with van der Waals surface area (Å²) in [5.41, 5.74) is 1.48. The summed E-state index contributed by atoms with van der Waals surface area (Å²) in [5.74, 6) is 1.77. The van der Waals surface area contributed by atoms with Crippen LogP contribution >= 0.6 is 0 Å². The van der Waals surface area contributed by atoms with Crippen molar-refractivity contribution in [1.29, 1.82) is 0 Å². The van der Waals surface area contributed by atoms with Crippen LogP contribution in [0.5, 0.6) is 0 Å². The van der Waals surface area contributed by atoms with Crippen LogP contribution in [0, 0.1) is 6.92 Å². The monoisotopic (exact) mass is 269 g/mol. The van der Waals surface area contributed by atoms with Crippen LogP contribution in [0.3, 0.4) is 0 Å². The molecule has 1 aliphatic rings. The summed E-state index contributed by atoms with van der Waals surface area (Å²) in [6.45, 7) is 2.10. The third-order valence-corrected chi connectivity index (χ3v) is 4.68. The van der Waals surface area contributed by atoms with E-state index in [0.717, 1.165) is 5.82 Å². The van der Waals surface area contributed by atoms with E-state index in [1.807, 2.05) is 6.20 Å². The number of nitrogens with one attached hydrogen (secondary N) is 1. The van der Waals surface area contributed by atoms with Crippen molar-refractivity contribution in [3.8, 4) is 0 Å². The van der Waals surface area contributed by atoms with Crippen molar-refractivity contribution in [2.45, 2.75) is 44.2 Å². The SMILES string of the molecule is CNC1CCC(c2ccccc2)CC1n1ccnc1C. The average molecular weight is 269 g/mol. The van der Waals surface area contributed by atoms with Crippen LogP contribution in [0.2, 0.25) is 0 Å². The molecule has 1 aromatic carbocycles. The Hall–Kier alpha value is -1.61. The Morgan fingerprint density at radius 3 is 2.65 bits per heavy atom. The van der Waals surface area contributed by atoms with Gasteiger partial charge in [-0.15, -0.1) is 0 Å². The first-order valence-electron chi connectivity index (χ1n) is 7.51. The lowest BCUT2D eigenvalue weighted by Gasteiger charge is -2.37. The van der Waals surface area contributed by atoms with Crippen LogP contribution in [0.1, 0.15) is 42.6 Å². The highest BCUT2D eigenvalue weighted by Gasteiger charge is 2.31. The fraction of sp³-hybridized carbons (Fsp3) is 0.471. The molecule has 3 heteroatoms. The minimum atomic E-state index is 0.501. The van der Waals surface area contributed by atoms with Gasteiger partial charge in [-0.05, 0) is 44.7 Å². The number of hydrogen-bond donors (Lipinski definition) is 1. The van der Waals surface area contributed by atoms with Gasteiger partial charge >= 0.3 is 0 Å². The van der Waals surface area contributed by atoms with Crippen LogP contribution in [0.15, 0.2) is 42.7 Å². The molecule has 0 amide bonds. The molecule has 1 heterocycles. The van der Waals surface area contributed by atoms with E-state index in [0.29, 0.717) is 18.0 Å². The Labute approximate surface area is 121 Å². The normalized spacial score (nSPS) is 26.6. The molecule has 0 bridgehead atoms. The van der Waals surface area contributed by atoms with Gasteiger partial charge in [0.1, 0.15) is 5.82 Å². The standard InChI is InChI=1S/C17H23N3/c1-13-19-10-11-20(13)17-12-15(8-9-16(17)18-2)14-6-4-3-5-7-14/h3-7,10-11,15-18H,8-9,12H2,1-2H3. The summed E-state index contributed by atoms with van der Waals surface area (Å²) in [7, 11) is 2.08. The molecule has 3 atom stereocenters. The smallest absolute Gasteiger partial charge is 0.105 e. The van der Waals surface area contributed by atoms with Crippen molar-refractivity contribution in [2.24, 2.45) is 0 Å². The molecule has 106 valence electrons. The summed E-state index contributed by atoms with van der Waals surface area (Å²) in [4.78, 5) is 4.39. The van der Waals surface area contributed by atoms with Gasteiger partial charge in [0.15, 0.2) is 0 Å². The van der Waals surface area contributed by atoms with E-state index in [9.17, 15) is 0 Å². The minimum absolute atomic E-state index is 0.501. The molecule has 3 unspecified atom stereocenters. The molecule has 1 saturated carbocycles. The lowest BCUT2D eigenvalue weighted by molar-refractivity contribution is 0.248. The average Bonchev–Trinajstić information content (AvgIpc) is 2.93. The molecule has 0 saturated heterocycles. The zero-order valence-electron chi connectivity index (χ0n) is 12.3. The van der Waals surface area contributed by atoms with Crippen LogP contribution in [-0.2, 0) is 0 Å². The number of aromatic nitrogens is 2. The van der Waals surface area contributed by atoms with E-state index in [1.165, 1.54) is 24.8 Å². The Bertz CT molecular complexity index is 546. The summed E-state index contributed by atoms with van der Waals surface area (Å²) in [6.07, 6.45) is 7.71. The first kappa shape index (κ1) is 13.4. The second-order valence-electron chi connectivity index (χ2n) is 5.76.